The predicted octanol–water partition coefficient (Wildman–Crippen LogP) is 2.30. The fraction of sp³-hybridized carbons (Fsp3) is 0.0385. The van der Waals surface area contributed by atoms with Gasteiger partial charge < -0.3 is 5.32 Å². The van der Waals surface area contributed by atoms with Crippen LogP contribution in [-0.2, 0) is 10.3 Å². The lowest BCUT2D eigenvalue weighted by Crippen LogP contribution is -2.51. The third-order valence-corrected chi connectivity index (χ3v) is 6.91. The van der Waals surface area contributed by atoms with Crippen molar-refractivity contribution in [3.8, 4) is 0 Å². The molecule has 0 bridgehead atoms. The number of hydrogen-bond acceptors (Lipinski definition) is 5. The van der Waals surface area contributed by atoms with Gasteiger partial charge in [-0.15, -0.1) is 0 Å². The van der Waals surface area contributed by atoms with E-state index in [1.807, 2.05) is 0 Å². The van der Waals surface area contributed by atoms with E-state index in [4.69, 9.17) is 0 Å². The Labute approximate surface area is 194 Å². The first-order chi connectivity index (χ1) is 16.9. The lowest BCUT2D eigenvalue weighted by molar-refractivity contribution is -0.120. The molecule has 4 aromatic rings. The maximum absolute atomic E-state index is 14.5. The topological polar surface area (TPSA) is 107 Å². The summed E-state index contributed by atoms with van der Waals surface area (Å²) in [5.41, 5.74) is -4.27. The summed E-state index contributed by atoms with van der Waals surface area (Å²) >= 11 is 0. The van der Waals surface area contributed by atoms with Crippen molar-refractivity contribution < 1.29 is 18.8 Å². The van der Waals surface area contributed by atoms with Crippen molar-refractivity contribution >= 4 is 39.6 Å². The number of Topliss-reactive ketones (excluding diaryl/α,β-unsaturated/α-hetero) is 2. The van der Waals surface area contributed by atoms with Crippen molar-refractivity contribution in [1.29, 1.82) is 0 Å². The number of halogens is 1. The van der Waals surface area contributed by atoms with Crippen LogP contribution >= 0.6 is 0 Å². The van der Waals surface area contributed by atoms with Crippen molar-refractivity contribution in [2.45, 2.75) is 5.54 Å². The summed E-state index contributed by atoms with van der Waals surface area (Å²) in [6.07, 6.45) is 0. The molecule has 35 heavy (non-hydrogen) atoms. The highest BCUT2D eigenvalue weighted by Gasteiger charge is 2.63. The Kier molecular flexibility index (Phi) is 3.43. The van der Waals surface area contributed by atoms with E-state index in [-0.39, 0.29) is 44.4 Å². The van der Waals surface area contributed by atoms with E-state index in [0.29, 0.717) is 0 Å². The smallest absolute Gasteiger partial charge is 0.278 e. The Balaban J connectivity index is 1.76. The number of ketones is 2. The van der Waals surface area contributed by atoms with E-state index < -0.39 is 39.9 Å². The maximum Gasteiger partial charge on any atom is 0.278 e. The van der Waals surface area contributed by atoms with Gasteiger partial charge in [-0.3, -0.25) is 24.0 Å². The molecule has 1 amide bonds. The van der Waals surface area contributed by atoms with Crippen LogP contribution in [0.25, 0.3) is 16.5 Å². The average Bonchev–Trinajstić information content (AvgIpc) is 3.35. The van der Waals surface area contributed by atoms with Crippen LogP contribution in [0, 0.1) is 5.82 Å². The summed E-state index contributed by atoms with van der Waals surface area (Å²) in [4.78, 5) is 69.0. The number of allylic oxidation sites excluding steroid dienone is 1. The fourth-order valence-electron chi connectivity index (χ4n) is 5.49. The lowest BCUT2D eigenvalue weighted by atomic mass is 9.75. The minimum absolute atomic E-state index is 0.00281. The second-order valence-electron chi connectivity index (χ2n) is 8.56. The van der Waals surface area contributed by atoms with E-state index in [1.54, 1.807) is 24.3 Å². The van der Waals surface area contributed by atoms with Gasteiger partial charge in [-0.1, -0.05) is 36.4 Å². The zero-order chi connectivity index (χ0) is 24.2. The summed E-state index contributed by atoms with van der Waals surface area (Å²) in [7, 11) is 0. The molecule has 1 atom stereocenters. The van der Waals surface area contributed by atoms with Crippen molar-refractivity contribution in [1.82, 2.24) is 9.36 Å². The average molecular weight is 465 g/mol. The molecule has 1 N–H and O–H groups in total. The number of nitrogens with zero attached hydrogens (tertiary/aromatic N) is 2. The van der Waals surface area contributed by atoms with E-state index in [1.165, 1.54) is 30.3 Å². The number of rotatable bonds is 0. The summed E-state index contributed by atoms with van der Waals surface area (Å²) in [5.74, 6) is -2.93. The largest absolute Gasteiger partial charge is 0.323 e. The van der Waals surface area contributed by atoms with Gasteiger partial charge in [-0.25, -0.2) is 13.8 Å². The Morgan fingerprint density at radius 1 is 0.743 bits per heavy atom. The molecule has 2 aliphatic heterocycles. The minimum atomic E-state index is -2.24. The summed E-state index contributed by atoms with van der Waals surface area (Å²) < 4.78 is 16.2. The Hall–Kier alpha value is -4.92. The summed E-state index contributed by atoms with van der Waals surface area (Å²) in [5, 5.41) is 2.63. The number of carbonyl (C=O) groups is 3. The molecule has 7 rings (SSSR count). The third-order valence-electron chi connectivity index (χ3n) is 6.91. The number of benzene rings is 3. The molecule has 0 saturated carbocycles. The first-order valence-corrected chi connectivity index (χ1v) is 10.7. The molecule has 1 aromatic heterocycles. The molecular formula is C26H12FN3O5. The normalized spacial score (nSPS) is 19.6. The van der Waals surface area contributed by atoms with Gasteiger partial charge in [0.25, 0.3) is 17.0 Å². The van der Waals surface area contributed by atoms with Crippen LogP contribution in [-0.4, -0.2) is 26.8 Å². The number of aromatic nitrogens is 2. The van der Waals surface area contributed by atoms with Gasteiger partial charge in [-0.05, 0) is 30.3 Å². The molecule has 3 aromatic carbocycles. The molecule has 1 spiro atoms. The van der Waals surface area contributed by atoms with Crippen molar-refractivity contribution in [3.05, 3.63) is 116 Å². The SMILES string of the molecule is O=C1C2=C(C(=O)c3ccccc31)C1(C(=O)Nc3ccc(F)cc31)n1c(=O)c3ccccc3c(=O)n12. The zero-order valence-corrected chi connectivity index (χ0v) is 17.7. The highest BCUT2D eigenvalue weighted by atomic mass is 19.1. The van der Waals surface area contributed by atoms with Crippen LogP contribution in [0.2, 0.25) is 0 Å². The summed E-state index contributed by atoms with van der Waals surface area (Å²) in [6, 6.07) is 15.5. The van der Waals surface area contributed by atoms with Gasteiger partial charge in [0.2, 0.25) is 11.3 Å². The molecule has 8 nitrogen and oxygen atoms in total. The fourth-order valence-corrected chi connectivity index (χ4v) is 5.49. The Morgan fingerprint density at radius 2 is 1.37 bits per heavy atom. The number of fused-ring (bicyclic) bond motifs is 8. The molecule has 0 saturated heterocycles. The quantitative estimate of drug-likeness (QED) is 0.429. The Bertz CT molecular complexity index is 1900. The van der Waals surface area contributed by atoms with Gasteiger partial charge in [0.1, 0.15) is 11.5 Å². The number of nitrogens with one attached hydrogen (secondary N) is 1. The molecule has 0 radical (unpaired) electrons. The van der Waals surface area contributed by atoms with Crippen LogP contribution in [0.15, 0.2) is 81.9 Å². The van der Waals surface area contributed by atoms with E-state index >= 15 is 0 Å². The molecule has 9 heteroatoms. The van der Waals surface area contributed by atoms with Crippen LogP contribution < -0.4 is 16.4 Å². The molecule has 1 unspecified atom stereocenters. The highest BCUT2D eigenvalue weighted by molar-refractivity contribution is 6.40. The Morgan fingerprint density at radius 3 is 2.09 bits per heavy atom. The second-order valence-corrected chi connectivity index (χ2v) is 8.56. The van der Waals surface area contributed by atoms with E-state index in [0.717, 1.165) is 21.5 Å². The second kappa shape index (κ2) is 6.15. The minimum Gasteiger partial charge on any atom is -0.323 e. The van der Waals surface area contributed by atoms with Gasteiger partial charge in [0.05, 0.1) is 16.3 Å². The van der Waals surface area contributed by atoms with Crippen LogP contribution in [0.4, 0.5) is 10.1 Å². The van der Waals surface area contributed by atoms with Gasteiger partial charge in [0, 0.05) is 22.4 Å². The zero-order valence-electron chi connectivity index (χ0n) is 17.7. The molecule has 1 aliphatic carbocycles. The highest BCUT2D eigenvalue weighted by Crippen LogP contribution is 2.51. The molecule has 0 fully saturated rings. The van der Waals surface area contributed by atoms with Crippen molar-refractivity contribution in [3.63, 3.8) is 0 Å². The molecular weight excluding hydrogens is 453 g/mol. The monoisotopic (exact) mass is 465 g/mol. The standard InChI is InChI=1S/C26H12FN3O5/c27-12-9-10-18-17(11-12)26(25(35)28-18)19-20(22(32)14-6-2-1-5-13(14)21(19)31)29-23(33)15-7-3-4-8-16(15)24(34)30(26)29/h1-11H,(H,28,35). The van der Waals surface area contributed by atoms with Gasteiger partial charge in [0.15, 0.2) is 5.78 Å². The number of amides is 1. The van der Waals surface area contributed by atoms with E-state index in [2.05, 4.69) is 5.32 Å². The van der Waals surface area contributed by atoms with Crippen molar-refractivity contribution in [2.75, 3.05) is 5.32 Å². The number of carbonyl (C=O) groups excluding carboxylic acids is 3. The third kappa shape index (κ3) is 2.05. The number of hydrogen-bond donors (Lipinski definition) is 1. The molecule has 3 heterocycles. The molecule has 3 aliphatic rings. The van der Waals surface area contributed by atoms with E-state index in [9.17, 15) is 28.4 Å². The van der Waals surface area contributed by atoms with Crippen LogP contribution in [0.3, 0.4) is 0 Å². The predicted molar refractivity (Wildman–Crippen MR) is 123 cm³/mol. The lowest BCUT2D eigenvalue weighted by Gasteiger charge is -2.28. The molecule has 168 valence electrons. The van der Waals surface area contributed by atoms with Gasteiger partial charge in [-0.2, -0.15) is 0 Å². The first-order valence-electron chi connectivity index (χ1n) is 10.7. The summed E-state index contributed by atoms with van der Waals surface area (Å²) in [6.45, 7) is 0. The first kappa shape index (κ1) is 19.5. The maximum atomic E-state index is 14.5. The van der Waals surface area contributed by atoms with Crippen LogP contribution in [0.5, 0.6) is 0 Å². The number of anilines is 1. The van der Waals surface area contributed by atoms with Crippen LogP contribution in [0.1, 0.15) is 26.3 Å². The van der Waals surface area contributed by atoms with Gasteiger partial charge >= 0.3 is 0 Å². The van der Waals surface area contributed by atoms with Crippen molar-refractivity contribution in [2.24, 2.45) is 0 Å².